The summed E-state index contributed by atoms with van der Waals surface area (Å²) in [5, 5.41) is 3.60. The smallest absolute Gasteiger partial charge is 0.468 e. The van der Waals surface area contributed by atoms with E-state index < -0.39 is 35.6 Å². The predicted octanol–water partition coefficient (Wildman–Crippen LogP) is 3.94. The molecule has 0 aliphatic carbocycles. The van der Waals surface area contributed by atoms with Crippen LogP contribution < -0.4 is 32.9 Å². The number of esters is 1. The van der Waals surface area contributed by atoms with Crippen molar-refractivity contribution in [1.82, 2.24) is 19.9 Å². The van der Waals surface area contributed by atoms with Gasteiger partial charge in [0.15, 0.2) is 17.5 Å². The predicted molar refractivity (Wildman–Crippen MR) is 173 cm³/mol. The van der Waals surface area contributed by atoms with Crippen LogP contribution in [-0.4, -0.2) is 58.6 Å². The lowest BCUT2D eigenvalue weighted by atomic mass is 10.0. The molecule has 4 rings (SSSR count). The van der Waals surface area contributed by atoms with Crippen molar-refractivity contribution in [2.24, 2.45) is 22.2 Å². The van der Waals surface area contributed by atoms with Gasteiger partial charge in [0.2, 0.25) is 0 Å². The maximum absolute atomic E-state index is 15.4. The van der Waals surface area contributed by atoms with Gasteiger partial charge in [-0.1, -0.05) is 12.1 Å². The van der Waals surface area contributed by atoms with Crippen molar-refractivity contribution in [2.45, 2.75) is 64.0 Å². The maximum atomic E-state index is 15.4. The third-order valence-corrected chi connectivity index (χ3v) is 7.57. The largest absolute Gasteiger partial charge is 0.573 e. The van der Waals surface area contributed by atoms with Crippen molar-refractivity contribution in [2.75, 3.05) is 13.7 Å². The van der Waals surface area contributed by atoms with Crippen molar-refractivity contribution < 1.29 is 31.8 Å². The molecule has 0 fully saturated rings. The van der Waals surface area contributed by atoms with Crippen LogP contribution in [0, 0.1) is 5.82 Å². The number of aryl methyl sites for hydroxylation is 1. The van der Waals surface area contributed by atoms with E-state index in [1.165, 1.54) is 30.0 Å². The molecule has 48 heavy (non-hydrogen) atoms. The van der Waals surface area contributed by atoms with Crippen LogP contribution in [-0.2, 0) is 16.0 Å². The number of alkyl halides is 3. The number of hydrogen-bond acceptors (Lipinski definition) is 8. The average molecular weight is 675 g/mol. The van der Waals surface area contributed by atoms with Crippen LogP contribution in [0.15, 0.2) is 58.4 Å². The number of aliphatic imine (C=N–C) groups is 1. The first-order valence-corrected chi connectivity index (χ1v) is 15.1. The fourth-order valence-electron chi connectivity index (χ4n) is 5.20. The number of ether oxygens (including phenoxy) is 2. The molecule has 16 heteroatoms. The Labute approximate surface area is 273 Å². The van der Waals surface area contributed by atoms with E-state index in [9.17, 15) is 22.8 Å². The Morgan fingerprint density at radius 2 is 1.83 bits per heavy atom. The van der Waals surface area contributed by atoms with Crippen molar-refractivity contribution in [3.05, 3.63) is 76.1 Å². The van der Waals surface area contributed by atoms with Gasteiger partial charge in [0.05, 0.1) is 18.5 Å². The molecule has 2 aromatic heterocycles. The Balaban J connectivity index is 1.61. The minimum atomic E-state index is -5.10. The molecular formula is C32H38F4N8O4. The molecule has 0 aliphatic heterocycles. The van der Waals surface area contributed by atoms with Crippen LogP contribution in [0.25, 0.3) is 28.0 Å². The Morgan fingerprint density at radius 1 is 1.12 bits per heavy atom. The topological polar surface area (TPSA) is 189 Å². The standard InChI is InChI=1S/C32H38F4N8O4/c1-17(37)5-4-6-19-13-23(27(33)26(14-19)48-32(34,35)36)25-15-21-16-44(31(46)43-28(21)42-25)22-9-7-20(8-10-22)18(2)41-24(29(45)47-3)11-12-40-30(38)39/h7-10,13-18,24,41H,4-6,11-12,37H2,1-3H3,(H4,38,39,40)(H,42,43,46)/t17-,18-,24-/m0/s1. The Bertz CT molecular complexity index is 1820. The molecule has 3 atom stereocenters. The highest BCUT2D eigenvalue weighted by atomic mass is 19.4. The zero-order chi connectivity index (χ0) is 35.2. The van der Waals surface area contributed by atoms with Crippen molar-refractivity contribution in [3.63, 3.8) is 0 Å². The summed E-state index contributed by atoms with van der Waals surface area (Å²) in [5.41, 5.74) is 17.7. The molecular weight excluding hydrogens is 636 g/mol. The fraction of sp³-hybridized carbons (Fsp3) is 0.375. The van der Waals surface area contributed by atoms with E-state index in [-0.39, 0.29) is 41.5 Å². The fourth-order valence-corrected chi connectivity index (χ4v) is 5.20. The van der Waals surface area contributed by atoms with Gasteiger partial charge in [-0.2, -0.15) is 4.98 Å². The molecule has 0 bridgehead atoms. The number of aromatic nitrogens is 3. The van der Waals surface area contributed by atoms with Crippen LogP contribution in [0.2, 0.25) is 0 Å². The number of H-pyrrole nitrogens is 1. The molecule has 8 N–H and O–H groups in total. The summed E-state index contributed by atoms with van der Waals surface area (Å²) in [4.78, 5) is 36.1. The summed E-state index contributed by atoms with van der Waals surface area (Å²) in [6.45, 7) is 3.89. The van der Waals surface area contributed by atoms with Crippen LogP contribution in [0.1, 0.15) is 50.3 Å². The summed E-state index contributed by atoms with van der Waals surface area (Å²) >= 11 is 0. The third-order valence-electron chi connectivity index (χ3n) is 7.57. The van der Waals surface area contributed by atoms with Gasteiger partial charge in [0.25, 0.3) is 0 Å². The summed E-state index contributed by atoms with van der Waals surface area (Å²) in [6, 6.07) is 9.79. The number of hydrogen-bond donors (Lipinski definition) is 5. The van der Waals surface area contributed by atoms with E-state index in [1.807, 2.05) is 13.8 Å². The van der Waals surface area contributed by atoms with Gasteiger partial charge in [-0.25, -0.2) is 9.18 Å². The third kappa shape index (κ3) is 9.32. The second-order valence-electron chi connectivity index (χ2n) is 11.4. The quantitative estimate of drug-likeness (QED) is 0.0571. The zero-order valence-corrected chi connectivity index (χ0v) is 26.6. The number of aromatic amines is 1. The van der Waals surface area contributed by atoms with E-state index in [1.54, 1.807) is 24.3 Å². The average Bonchev–Trinajstić information content (AvgIpc) is 3.42. The monoisotopic (exact) mass is 674 g/mol. The summed E-state index contributed by atoms with van der Waals surface area (Å²) in [5.74, 6) is -2.74. The molecule has 0 spiro atoms. The number of carbonyl (C=O) groups is 1. The molecule has 0 saturated carbocycles. The molecule has 0 aliphatic rings. The molecule has 258 valence electrons. The lowest BCUT2D eigenvalue weighted by Gasteiger charge is -2.21. The maximum Gasteiger partial charge on any atom is 0.573 e. The highest BCUT2D eigenvalue weighted by Gasteiger charge is 2.33. The molecule has 0 saturated heterocycles. The van der Waals surface area contributed by atoms with Gasteiger partial charge in [0, 0.05) is 35.8 Å². The molecule has 2 heterocycles. The minimum absolute atomic E-state index is 0.0872. The first kappa shape index (κ1) is 35.9. The van der Waals surface area contributed by atoms with Crippen LogP contribution in [0.3, 0.4) is 0 Å². The van der Waals surface area contributed by atoms with Gasteiger partial charge in [0.1, 0.15) is 11.7 Å². The van der Waals surface area contributed by atoms with Crippen molar-refractivity contribution in [1.29, 1.82) is 0 Å². The van der Waals surface area contributed by atoms with Gasteiger partial charge in [-0.15, -0.1) is 13.2 Å². The number of halogens is 4. The van der Waals surface area contributed by atoms with Crippen molar-refractivity contribution >= 4 is 23.0 Å². The first-order chi connectivity index (χ1) is 22.6. The van der Waals surface area contributed by atoms with Gasteiger partial charge in [-0.3, -0.25) is 19.7 Å². The first-order valence-electron chi connectivity index (χ1n) is 15.1. The number of nitrogens with two attached hydrogens (primary N) is 3. The van der Waals surface area contributed by atoms with E-state index in [2.05, 4.69) is 25.0 Å². The van der Waals surface area contributed by atoms with E-state index >= 15 is 4.39 Å². The van der Waals surface area contributed by atoms with Gasteiger partial charge in [-0.05, 0) is 81.0 Å². The van der Waals surface area contributed by atoms with Gasteiger partial charge < -0.3 is 31.7 Å². The number of nitrogens with zero attached hydrogens (tertiary/aromatic N) is 3. The number of methoxy groups -OCH3 is 1. The summed E-state index contributed by atoms with van der Waals surface area (Å²) in [6.07, 6.45) is -1.77. The van der Waals surface area contributed by atoms with E-state index in [4.69, 9.17) is 21.9 Å². The van der Waals surface area contributed by atoms with Crippen LogP contribution in [0.4, 0.5) is 17.6 Å². The lowest BCUT2D eigenvalue weighted by Crippen LogP contribution is -2.40. The second-order valence-corrected chi connectivity index (χ2v) is 11.4. The van der Waals surface area contributed by atoms with Crippen molar-refractivity contribution in [3.8, 4) is 22.7 Å². The SMILES string of the molecule is COC(=O)[C@H](CCN=C(N)N)N[C@@H](C)c1ccc(-n2cc3cc(-c4cc(CCC[C@H](C)N)cc(OC(F)(F)F)c4F)[nH]c3nc2=O)cc1. The number of benzene rings is 2. The summed E-state index contributed by atoms with van der Waals surface area (Å²) < 4.78 is 64.9. The van der Waals surface area contributed by atoms with E-state index in [0.29, 0.717) is 42.3 Å². The number of guanidine groups is 1. The number of carbonyl (C=O) groups excluding carboxylic acids is 1. The normalized spacial score (nSPS) is 13.6. The van der Waals surface area contributed by atoms with Crippen LogP contribution in [0.5, 0.6) is 5.75 Å². The van der Waals surface area contributed by atoms with Gasteiger partial charge >= 0.3 is 18.0 Å². The lowest BCUT2D eigenvalue weighted by molar-refractivity contribution is -0.275. The highest BCUT2D eigenvalue weighted by molar-refractivity contribution is 5.83. The zero-order valence-electron chi connectivity index (χ0n) is 26.6. The van der Waals surface area contributed by atoms with Crippen LogP contribution >= 0.6 is 0 Å². The minimum Gasteiger partial charge on any atom is -0.468 e. The Hall–Kier alpha value is -4.96. The highest BCUT2D eigenvalue weighted by Crippen LogP contribution is 2.35. The summed E-state index contributed by atoms with van der Waals surface area (Å²) in [7, 11) is 1.28. The number of fused-ring (bicyclic) bond motifs is 1. The second kappa shape index (κ2) is 15.3. The number of nitrogens with one attached hydrogen (secondary N) is 2. The molecule has 0 unspecified atom stereocenters. The Morgan fingerprint density at radius 3 is 2.46 bits per heavy atom. The molecule has 0 radical (unpaired) electrons. The molecule has 4 aromatic rings. The molecule has 0 amide bonds. The molecule has 2 aromatic carbocycles. The Kier molecular flexibility index (Phi) is 11.4. The molecule has 12 nitrogen and oxygen atoms in total. The number of rotatable bonds is 14. The van der Waals surface area contributed by atoms with E-state index in [0.717, 1.165) is 11.6 Å².